The second kappa shape index (κ2) is 8.35. The fourth-order valence-corrected chi connectivity index (χ4v) is 3.90. The summed E-state index contributed by atoms with van der Waals surface area (Å²) in [6.45, 7) is 12.9. The van der Waals surface area contributed by atoms with Gasteiger partial charge in [0.1, 0.15) is 0 Å². The van der Waals surface area contributed by atoms with Crippen molar-refractivity contribution in [3.8, 4) is 0 Å². The third kappa shape index (κ3) is 4.71. The molecule has 1 N–H and O–H groups in total. The van der Waals surface area contributed by atoms with Gasteiger partial charge in [0.2, 0.25) is 0 Å². The molecule has 20 heavy (non-hydrogen) atoms. The molecule has 0 bridgehead atoms. The van der Waals surface area contributed by atoms with Crippen LogP contribution in [-0.2, 0) is 4.74 Å². The van der Waals surface area contributed by atoms with Crippen molar-refractivity contribution in [3.63, 3.8) is 0 Å². The van der Waals surface area contributed by atoms with E-state index < -0.39 is 0 Å². The number of ether oxygens (including phenoxy) is 1. The molecule has 0 amide bonds. The van der Waals surface area contributed by atoms with E-state index in [9.17, 15) is 0 Å². The van der Waals surface area contributed by atoms with Gasteiger partial charge in [0, 0.05) is 25.3 Å². The third-order valence-corrected chi connectivity index (χ3v) is 5.38. The normalized spacial score (nSPS) is 26.6. The van der Waals surface area contributed by atoms with Crippen LogP contribution >= 0.6 is 0 Å². The van der Waals surface area contributed by atoms with Gasteiger partial charge in [-0.1, -0.05) is 6.92 Å². The van der Waals surface area contributed by atoms with Crippen LogP contribution in [0.15, 0.2) is 0 Å². The SMILES string of the molecule is CCCN1CCC(C(C)NC(C)C2CCOCC2)CC1. The van der Waals surface area contributed by atoms with Gasteiger partial charge in [-0.05, 0) is 77.4 Å². The summed E-state index contributed by atoms with van der Waals surface area (Å²) >= 11 is 0. The van der Waals surface area contributed by atoms with E-state index in [1.165, 1.54) is 51.7 Å². The average Bonchev–Trinajstić information content (AvgIpc) is 2.49. The summed E-state index contributed by atoms with van der Waals surface area (Å²) < 4.78 is 5.47. The van der Waals surface area contributed by atoms with Crippen LogP contribution in [0.5, 0.6) is 0 Å². The third-order valence-electron chi connectivity index (χ3n) is 5.38. The summed E-state index contributed by atoms with van der Waals surface area (Å²) in [5, 5.41) is 3.89. The zero-order chi connectivity index (χ0) is 14.4. The van der Waals surface area contributed by atoms with Crippen molar-refractivity contribution >= 4 is 0 Å². The van der Waals surface area contributed by atoms with Crippen molar-refractivity contribution < 1.29 is 4.74 Å². The highest BCUT2D eigenvalue weighted by Gasteiger charge is 2.27. The van der Waals surface area contributed by atoms with Crippen molar-refractivity contribution in [2.45, 2.75) is 65.0 Å². The molecule has 2 rings (SSSR count). The minimum absolute atomic E-state index is 0.641. The van der Waals surface area contributed by atoms with Crippen LogP contribution in [0.1, 0.15) is 52.9 Å². The van der Waals surface area contributed by atoms with Crippen LogP contribution in [0.3, 0.4) is 0 Å². The Bertz CT molecular complexity index is 258. The Morgan fingerprint density at radius 2 is 1.55 bits per heavy atom. The van der Waals surface area contributed by atoms with E-state index in [-0.39, 0.29) is 0 Å². The Kier molecular flexibility index (Phi) is 6.79. The molecule has 0 aromatic heterocycles. The highest BCUT2D eigenvalue weighted by molar-refractivity contribution is 4.83. The van der Waals surface area contributed by atoms with Gasteiger partial charge in [-0.3, -0.25) is 0 Å². The van der Waals surface area contributed by atoms with Gasteiger partial charge in [-0.15, -0.1) is 0 Å². The molecular formula is C17H34N2O. The van der Waals surface area contributed by atoms with E-state index in [2.05, 4.69) is 31.0 Å². The summed E-state index contributed by atoms with van der Waals surface area (Å²) in [4.78, 5) is 2.63. The Balaban J connectivity index is 1.70. The van der Waals surface area contributed by atoms with Crippen molar-refractivity contribution in [2.24, 2.45) is 11.8 Å². The molecule has 2 aliphatic rings. The molecule has 2 heterocycles. The molecule has 0 aliphatic carbocycles. The maximum atomic E-state index is 5.47. The molecule has 0 aromatic carbocycles. The second-order valence-electron chi connectivity index (χ2n) is 6.87. The zero-order valence-corrected chi connectivity index (χ0v) is 13.7. The van der Waals surface area contributed by atoms with Crippen LogP contribution in [0.4, 0.5) is 0 Å². The van der Waals surface area contributed by atoms with Gasteiger partial charge in [-0.25, -0.2) is 0 Å². The molecule has 118 valence electrons. The van der Waals surface area contributed by atoms with E-state index in [4.69, 9.17) is 4.74 Å². The summed E-state index contributed by atoms with van der Waals surface area (Å²) in [5.41, 5.74) is 0. The largest absolute Gasteiger partial charge is 0.381 e. The first-order valence-corrected chi connectivity index (χ1v) is 8.76. The van der Waals surface area contributed by atoms with E-state index in [0.29, 0.717) is 12.1 Å². The lowest BCUT2D eigenvalue weighted by molar-refractivity contribution is 0.0521. The molecular weight excluding hydrogens is 248 g/mol. The number of piperidine rings is 1. The topological polar surface area (TPSA) is 24.5 Å². The Labute approximate surface area is 125 Å². The van der Waals surface area contributed by atoms with Crippen molar-refractivity contribution in [1.82, 2.24) is 10.2 Å². The summed E-state index contributed by atoms with van der Waals surface area (Å²) in [6, 6.07) is 1.30. The van der Waals surface area contributed by atoms with E-state index in [1.807, 2.05) is 0 Å². The highest BCUT2D eigenvalue weighted by atomic mass is 16.5. The van der Waals surface area contributed by atoms with Crippen LogP contribution in [0, 0.1) is 11.8 Å². The minimum atomic E-state index is 0.641. The van der Waals surface area contributed by atoms with Gasteiger partial charge in [-0.2, -0.15) is 0 Å². The molecule has 2 atom stereocenters. The lowest BCUT2D eigenvalue weighted by Gasteiger charge is -2.38. The molecule has 3 nitrogen and oxygen atoms in total. The smallest absolute Gasteiger partial charge is 0.0469 e. The van der Waals surface area contributed by atoms with Gasteiger partial charge in [0.15, 0.2) is 0 Å². The van der Waals surface area contributed by atoms with Gasteiger partial charge < -0.3 is 15.0 Å². The molecule has 3 heteroatoms. The first kappa shape index (κ1) is 16.3. The number of nitrogens with zero attached hydrogens (tertiary/aromatic N) is 1. The average molecular weight is 282 g/mol. The predicted octanol–water partition coefficient (Wildman–Crippen LogP) is 2.90. The Hall–Kier alpha value is -0.120. The first-order valence-electron chi connectivity index (χ1n) is 8.76. The van der Waals surface area contributed by atoms with Crippen LogP contribution in [-0.4, -0.2) is 49.8 Å². The predicted molar refractivity (Wildman–Crippen MR) is 85.1 cm³/mol. The summed E-state index contributed by atoms with van der Waals surface area (Å²) in [5.74, 6) is 1.68. The fourth-order valence-electron chi connectivity index (χ4n) is 3.90. The Morgan fingerprint density at radius 1 is 1.00 bits per heavy atom. The molecule has 0 spiro atoms. The molecule has 2 fully saturated rings. The molecule has 2 aliphatic heterocycles. The maximum absolute atomic E-state index is 5.47. The maximum Gasteiger partial charge on any atom is 0.0469 e. The van der Waals surface area contributed by atoms with Crippen molar-refractivity contribution in [2.75, 3.05) is 32.8 Å². The van der Waals surface area contributed by atoms with Gasteiger partial charge >= 0.3 is 0 Å². The molecule has 0 radical (unpaired) electrons. The second-order valence-corrected chi connectivity index (χ2v) is 6.87. The Morgan fingerprint density at radius 3 is 2.10 bits per heavy atom. The number of hydrogen-bond acceptors (Lipinski definition) is 3. The summed E-state index contributed by atoms with van der Waals surface area (Å²) in [6.07, 6.45) is 6.49. The van der Waals surface area contributed by atoms with Crippen LogP contribution < -0.4 is 5.32 Å². The van der Waals surface area contributed by atoms with Gasteiger partial charge in [0.05, 0.1) is 0 Å². The number of likely N-dealkylation sites (tertiary alicyclic amines) is 1. The van der Waals surface area contributed by atoms with E-state index in [0.717, 1.165) is 25.0 Å². The fraction of sp³-hybridized carbons (Fsp3) is 1.00. The molecule has 2 unspecified atom stereocenters. The van der Waals surface area contributed by atoms with E-state index >= 15 is 0 Å². The minimum Gasteiger partial charge on any atom is -0.381 e. The standard InChI is InChI=1S/C17H34N2O/c1-4-9-19-10-5-16(6-11-19)14(2)18-15(3)17-7-12-20-13-8-17/h14-18H,4-13H2,1-3H3. The van der Waals surface area contributed by atoms with E-state index in [1.54, 1.807) is 0 Å². The van der Waals surface area contributed by atoms with Gasteiger partial charge in [0.25, 0.3) is 0 Å². The van der Waals surface area contributed by atoms with Crippen molar-refractivity contribution in [1.29, 1.82) is 0 Å². The monoisotopic (exact) mass is 282 g/mol. The van der Waals surface area contributed by atoms with Crippen LogP contribution in [0.2, 0.25) is 0 Å². The summed E-state index contributed by atoms with van der Waals surface area (Å²) in [7, 11) is 0. The zero-order valence-electron chi connectivity index (χ0n) is 13.7. The number of hydrogen-bond donors (Lipinski definition) is 1. The lowest BCUT2D eigenvalue weighted by atomic mass is 9.87. The van der Waals surface area contributed by atoms with Crippen LogP contribution in [0.25, 0.3) is 0 Å². The molecule has 0 saturated carbocycles. The first-order chi connectivity index (χ1) is 9.70. The lowest BCUT2D eigenvalue weighted by Crippen LogP contribution is -2.47. The number of nitrogens with one attached hydrogen (secondary N) is 1. The number of rotatable bonds is 6. The molecule has 0 aromatic rings. The highest BCUT2D eigenvalue weighted by Crippen LogP contribution is 2.24. The quantitative estimate of drug-likeness (QED) is 0.811. The molecule has 2 saturated heterocycles. The van der Waals surface area contributed by atoms with Crippen molar-refractivity contribution in [3.05, 3.63) is 0 Å².